The van der Waals surface area contributed by atoms with Crippen molar-refractivity contribution in [2.75, 3.05) is 22.4 Å². The van der Waals surface area contributed by atoms with Crippen LogP contribution >= 0.6 is 11.6 Å². The predicted octanol–water partition coefficient (Wildman–Crippen LogP) is 3.92. The van der Waals surface area contributed by atoms with Gasteiger partial charge in [-0.15, -0.1) is 0 Å². The van der Waals surface area contributed by atoms with Crippen LogP contribution in [0.4, 0.5) is 11.4 Å². The lowest BCUT2D eigenvalue weighted by molar-refractivity contribution is -0.114. The molecular formula is C19H23ClN2O3S. The average Bonchev–Trinajstić information content (AvgIpc) is 2.56. The molecule has 2 rings (SSSR count). The highest BCUT2D eigenvalue weighted by Gasteiger charge is 2.22. The summed E-state index contributed by atoms with van der Waals surface area (Å²) in [6.07, 6.45) is 1.83. The first-order valence-corrected chi connectivity index (χ1v) is 10.5. The minimum absolute atomic E-state index is 0.324. The first-order valence-electron chi connectivity index (χ1n) is 8.25. The van der Waals surface area contributed by atoms with E-state index in [0.29, 0.717) is 10.7 Å². The first kappa shape index (κ1) is 20.3. The Kier molecular flexibility index (Phi) is 6.31. The van der Waals surface area contributed by atoms with Crippen LogP contribution in [0, 0.1) is 13.8 Å². The number of carbonyl (C=O) groups excluding carboxylic acids is 1. The fourth-order valence-corrected chi connectivity index (χ4v) is 3.67. The Morgan fingerprint density at radius 3 is 2.42 bits per heavy atom. The average molecular weight is 395 g/mol. The van der Waals surface area contributed by atoms with Gasteiger partial charge in [0.15, 0.2) is 0 Å². The molecule has 0 aromatic heterocycles. The number of amides is 1. The van der Waals surface area contributed by atoms with Crippen molar-refractivity contribution in [1.29, 1.82) is 0 Å². The van der Waals surface area contributed by atoms with Gasteiger partial charge in [0.2, 0.25) is 15.9 Å². The Morgan fingerprint density at radius 1 is 1.15 bits per heavy atom. The molecule has 5 nitrogen and oxygen atoms in total. The summed E-state index contributed by atoms with van der Waals surface area (Å²) in [5, 5.41) is 3.30. The second kappa shape index (κ2) is 8.10. The molecule has 0 fully saturated rings. The molecule has 0 spiro atoms. The Bertz CT molecular complexity index is 926. The molecule has 0 heterocycles. The maximum Gasteiger partial charge on any atom is 0.245 e. The highest BCUT2D eigenvalue weighted by molar-refractivity contribution is 7.92. The van der Waals surface area contributed by atoms with Gasteiger partial charge in [-0.25, -0.2) is 8.42 Å². The zero-order valence-electron chi connectivity index (χ0n) is 15.3. The summed E-state index contributed by atoms with van der Waals surface area (Å²) >= 11 is 6.11. The normalized spacial score (nSPS) is 11.3. The zero-order chi connectivity index (χ0) is 19.5. The number of benzene rings is 2. The third-order valence-corrected chi connectivity index (χ3v) is 5.68. The smallest absolute Gasteiger partial charge is 0.245 e. The summed E-state index contributed by atoms with van der Waals surface area (Å²) in [6.45, 7) is 5.41. The molecule has 26 heavy (non-hydrogen) atoms. The Morgan fingerprint density at radius 2 is 1.85 bits per heavy atom. The summed E-state index contributed by atoms with van der Waals surface area (Å²) in [6, 6.07) is 10.7. The molecule has 0 radical (unpaired) electrons. The molecule has 1 N–H and O–H groups in total. The third kappa shape index (κ3) is 4.77. The number of rotatable bonds is 6. The van der Waals surface area contributed by atoms with E-state index >= 15 is 0 Å². The summed E-state index contributed by atoms with van der Waals surface area (Å²) in [7, 11) is -3.65. The first-order chi connectivity index (χ1) is 12.1. The van der Waals surface area contributed by atoms with Crippen molar-refractivity contribution >= 4 is 38.9 Å². The number of anilines is 2. The van der Waals surface area contributed by atoms with Gasteiger partial charge in [-0.2, -0.15) is 0 Å². The third-order valence-electron chi connectivity index (χ3n) is 4.14. The van der Waals surface area contributed by atoms with Gasteiger partial charge in [0.25, 0.3) is 0 Å². The van der Waals surface area contributed by atoms with Gasteiger partial charge in [0.1, 0.15) is 6.54 Å². The van der Waals surface area contributed by atoms with Gasteiger partial charge >= 0.3 is 0 Å². The van der Waals surface area contributed by atoms with Gasteiger partial charge in [-0.1, -0.05) is 42.8 Å². The van der Waals surface area contributed by atoms with E-state index in [-0.39, 0.29) is 6.54 Å². The maximum absolute atomic E-state index is 12.6. The van der Waals surface area contributed by atoms with Crippen molar-refractivity contribution in [3.05, 3.63) is 58.1 Å². The van der Waals surface area contributed by atoms with Gasteiger partial charge in [-0.3, -0.25) is 9.10 Å². The predicted molar refractivity (Wildman–Crippen MR) is 108 cm³/mol. The molecule has 2 aromatic carbocycles. The van der Waals surface area contributed by atoms with E-state index in [9.17, 15) is 13.2 Å². The molecule has 0 aliphatic carbocycles. The van der Waals surface area contributed by atoms with Crippen molar-refractivity contribution < 1.29 is 13.2 Å². The van der Waals surface area contributed by atoms with E-state index in [1.165, 1.54) is 0 Å². The monoisotopic (exact) mass is 394 g/mol. The lowest BCUT2D eigenvalue weighted by atomic mass is 10.1. The molecule has 1 amide bonds. The van der Waals surface area contributed by atoms with E-state index in [0.717, 1.165) is 39.4 Å². The molecule has 0 saturated carbocycles. The molecular weight excluding hydrogens is 372 g/mol. The topological polar surface area (TPSA) is 66.5 Å². The SMILES string of the molecule is CCc1cccc(C)c1NC(=O)CN(c1ccc(C)c(Cl)c1)S(C)(=O)=O. The Hall–Kier alpha value is -2.05. The molecule has 140 valence electrons. The van der Waals surface area contributed by atoms with Crippen molar-refractivity contribution in [3.63, 3.8) is 0 Å². The van der Waals surface area contributed by atoms with Gasteiger partial charge in [-0.05, 0) is 49.1 Å². The second-order valence-corrected chi connectivity index (χ2v) is 8.53. The lowest BCUT2D eigenvalue weighted by Crippen LogP contribution is -2.37. The van der Waals surface area contributed by atoms with E-state index < -0.39 is 15.9 Å². The number of nitrogens with one attached hydrogen (secondary N) is 1. The highest BCUT2D eigenvalue weighted by atomic mass is 35.5. The fraction of sp³-hybridized carbons (Fsp3) is 0.316. The summed E-state index contributed by atoms with van der Waals surface area (Å²) in [5.41, 5.74) is 3.86. The van der Waals surface area contributed by atoms with Crippen LogP contribution in [0.2, 0.25) is 5.02 Å². The Balaban J connectivity index is 2.30. The molecule has 0 saturated heterocycles. The fourth-order valence-electron chi connectivity index (χ4n) is 2.65. The van der Waals surface area contributed by atoms with Crippen LogP contribution in [0.5, 0.6) is 0 Å². The van der Waals surface area contributed by atoms with Crippen LogP contribution in [-0.4, -0.2) is 27.1 Å². The highest BCUT2D eigenvalue weighted by Crippen LogP contribution is 2.25. The minimum atomic E-state index is -3.65. The maximum atomic E-state index is 12.6. The van der Waals surface area contributed by atoms with Crippen molar-refractivity contribution in [3.8, 4) is 0 Å². The standard InChI is InChI=1S/C19H23ClN2O3S/c1-5-15-8-6-7-14(3)19(15)21-18(23)12-22(26(4,24)25)16-10-9-13(2)17(20)11-16/h6-11H,5,12H2,1-4H3,(H,21,23). The van der Waals surface area contributed by atoms with Crippen LogP contribution in [0.15, 0.2) is 36.4 Å². The van der Waals surface area contributed by atoms with E-state index in [1.807, 2.05) is 39.0 Å². The summed E-state index contributed by atoms with van der Waals surface area (Å²) in [4.78, 5) is 12.6. The summed E-state index contributed by atoms with van der Waals surface area (Å²) < 4.78 is 25.5. The number of hydrogen-bond acceptors (Lipinski definition) is 3. The van der Waals surface area contributed by atoms with E-state index in [4.69, 9.17) is 11.6 Å². The van der Waals surface area contributed by atoms with Crippen LogP contribution in [0.25, 0.3) is 0 Å². The van der Waals surface area contributed by atoms with Gasteiger partial charge < -0.3 is 5.32 Å². The number of halogens is 1. The molecule has 0 atom stereocenters. The van der Waals surface area contributed by atoms with Crippen LogP contribution in [-0.2, 0) is 21.2 Å². The van der Waals surface area contributed by atoms with Crippen molar-refractivity contribution in [1.82, 2.24) is 0 Å². The molecule has 0 aliphatic heterocycles. The molecule has 0 unspecified atom stereocenters. The Labute approximate surface area is 160 Å². The van der Waals surface area contributed by atoms with Crippen molar-refractivity contribution in [2.45, 2.75) is 27.2 Å². The van der Waals surface area contributed by atoms with Crippen LogP contribution in [0.3, 0.4) is 0 Å². The number of hydrogen-bond donors (Lipinski definition) is 1. The number of sulfonamides is 1. The summed E-state index contributed by atoms with van der Waals surface area (Å²) in [5.74, 6) is -0.406. The van der Waals surface area contributed by atoms with Crippen LogP contribution in [0.1, 0.15) is 23.6 Å². The largest absolute Gasteiger partial charge is 0.324 e. The quantitative estimate of drug-likeness (QED) is 0.807. The second-order valence-electron chi connectivity index (χ2n) is 6.21. The van der Waals surface area contributed by atoms with Gasteiger partial charge in [0.05, 0.1) is 11.9 Å². The zero-order valence-corrected chi connectivity index (χ0v) is 16.9. The molecule has 0 bridgehead atoms. The number of aryl methyl sites for hydroxylation is 3. The van der Waals surface area contributed by atoms with Crippen molar-refractivity contribution in [2.24, 2.45) is 0 Å². The molecule has 0 aliphatic rings. The number of para-hydroxylation sites is 1. The molecule has 2 aromatic rings. The van der Waals surface area contributed by atoms with Crippen LogP contribution < -0.4 is 9.62 Å². The number of carbonyl (C=O) groups is 1. The minimum Gasteiger partial charge on any atom is -0.324 e. The lowest BCUT2D eigenvalue weighted by Gasteiger charge is -2.23. The van der Waals surface area contributed by atoms with E-state index in [1.54, 1.807) is 18.2 Å². The van der Waals surface area contributed by atoms with Gasteiger partial charge in [0, 0.05) is 10.7 Å². The molecule has 7 heteroatoms. The number of nitrogens with zero attached hydrogens (tertiary/aromatic N) is 1. The van der Waals surface area contributed by atoms with E-state index in [2.05, 4.69) is 5.32 Å².